The van der Waals surface area contributed by atoms with E-state index in [1.165, 1.54) is 43.2 Å². The minimum Gasteiger partial charge on any atom is -0.378 e. The predicted octanol–water partition coefficient (Wildman–Crippen LogP) is 2.79. The Balaban J connectivity index is 1.91. The van der Waals surface area contributed by atoms with E-state index in [9.17, 15) is 0 Å². The van der Waals surface area contributed by atoms with Gasteiger partial charge in [0.1, 0.15) is 0 Å². The minimum atomic E-state index is 0.170. The van der Waals surface area contributed by atoms with Crippen LogP contribution in [0, 0.1) is 0 Å². The van der Waals surface area contributed by atoms with Crippen LogP contribution >= 0.6 is 0 Å². The first-order chi connectivity index (χ1) is 8.84. The van der Waals surface area contributed by atoms with Gasteiger partial charge in [0.15, 0.2) is 0 Å². The van der Waals surface area contributed by atoms with Crippen LogP contribution in [0.5, 0.6) is 0 Å². The van der Waals surface area contributed by atoms with E-state index in [0.29, 0.717) is 6.10 Å². The van der Waals surface area contributed by atoms with Crippen molar-refractivity contribution in [3.05, 3.63) is 35.4 Å². The van der Waals surface area contributed by atoms with Crippen LogP contribution in [0.4, 0.5) is 0 Å². The van der Waals surface area contributed by atoms with Crippen molar-refractivity contribution in [1.82, 2.24) is 0 Å². The molecule has 0 aromatic heterocycles. The van der Waals surface area contributed by atoms with E-state index in [0.717, 1.165) is 19.6 Å². The zero-order valence-electron chi connectivity index (χ0n) is 11.0. The Morgan fingerprint density at radius 2 is 2.17 bits per heavy atom. The Morgan fingerprint density at radius 3 is 2.94 bits per heavy atom. The summed E-state index contributed by atoms with van der Waals surface area (Å²) in [5, 5.41) is 0. The molecule has 1 fully saturated rings. The molecule has 2 heteroatoms. The zero-order chi connectivity index (χ0) is 12.4. The molecule has 1 heterocycles. The molecule has 0 spiro atoms. The molecule has 98 valence electrons. The van der Waals surface area contributed by atoms with E-state index in [4.69, 9.17) is 10.5 Å². The van der Waals surface area contributed by atoms with E-state index in [1.54, 1.807) is 0 Å². The highest BCUT2D eigenvalue weighted by molar-refractivity contribution is 5.37. The lowest BCUT2D eigenvalue weighted by atomic mass is 9.67. The fraction of sp³-hybridized carbons (Fsp3) is 0.625. The number of nitrogens with two attached hydrogens (primary N) is 1. The molecule has 2 aliphatic rings. The van der Waals surface area contributed by atoms with Gasteiger partial charge in [-0.05, 0) is 49.7 Å². The number of rotatable bonds is 3. The van der Waals surface area contributed by atoms with E-state index in [1.807, 2.05) is 0 Å². The van der Waals surface area contributed by atoms with E-state index in [-0.39, 0.29) is 5.41 Å². The van der Waals surface area contributed by atoms with Crippen LogP contribution < -0.4 is 5.73 Å². The van der Waals surface area contributed by atoms with Crippen LogP contribution in [0.15, 0.2) is 24.3 Å². The molecule has 1 aliphatic carbocycles. The van der Waals surface area contributed by atoms with Crippen LogP contribution in [-0.4, -0.2) is 19.3 Å². The monoisotopic (exact) mass is 245 g/mol. The first-order valence-electron chi connectivity index (χ1n) is 7.24. The summed E-state index contributed by atoms with van der Waals surface area (Å²) in [6, 6.07) is 8.87. The maximum absolute atomic E-state index is 6.18. The van der Waals surface area contributed by atoms with Gasteiger partial charge in [-0.15, -0.1) is 0 Å². The van der Waals surface area contributed by atoms with Crippen molar-refractivity contribution in [2.75, 3.05) is 13.2 Å². The summed E-state index contributed by atoms with van der Waals surface area (Å²) in [6.45, 7) is 1.69. The smallest absolute Gasteiger partial charge is 0.0585 e. The Hall–Kier alpha value is -0.860. The highest BCUT2D eigenvalue weighted by Crippen LogP contribution is 2.41. The van der Waals surface area contributed by atoms with Gasteiger partial charge in [-0.3, -0.25) is 0 Å². The van der Waals surface area contributed by atoms with Crippen LogP contribution in [0.1, 0.15) is 43.2 Å². The summed E-state index contributed by atoms with van der Waals surface area (Å²) in [4.78, 5) is 0. The first kappa shape index (κ1) is 12.2. The molecule has 3 rings (SSSR count). The molecule has 2 atom stereocenters. The number of hydrogen-bond acceptors (Lipinski definition) is 2. The number of aryl methyl sites for hydroxylation is 1. The third-order valence-electron chi connectivity index (χ3n) is 4.72. The summed E-state index contributed by atoms with van der Waals surface area (Å²) < 4.78 is 5.84. The highest BCUT2D eigenvalue weighted by Gasteiger charge is 2.38. The topological polar surface area (TPSA) is 35.2 Å². The van der Waals surface area contributed by atoms with Gasteiger partial charge in [0.25, 0.3) is 0 Å². The van der Waals surface area contributed by atoms with Crippen molar-refractivity contribution in [2.24, 2.45) is 5.73 Å². The van der Waals surface area contributed by atoms with Gasteiger partial charge in [-0.1, -0.05) is 24.3 Å². The quantitative estimate of drug-likeness (QED) is 0.888. The molecule has 0 saturated carbocycles. The third-order valence-corrected chi connectivity index (χ3v) is 4.72. The van der Waals surface area contributed by atoms with E-state index < -0.39 is 0 Å². The van der Waals surface area contributed by atoms with Gasteiger partial charge in [0, 0.05) is 18.6 Å². The Bertz CT molecular complexity index is 411. The minimum absolute atomic E-state index is 0.170. The average Bonchev–Trinajstić information content (AvgIpc) is 2.92. The number of benzene rings is 1. The molecule has 1 saturated heterocycles. The van der Waals surface area contributed by atoms with Gasteiger partial charge >= 0.3 is 0 Å². The van der Waals surface area contributed by atoms with Crippen molar-refractivity contribution in [2.45, 2.75) is 50.0 Å². The van der Waals surface area contributed by atoms with Crippen molar-refractivity contribution < 1.29 is 4.74 Å². The molecule has 0 amide bonds. The second-order valence-electron chi connectivity index (χ2n) is 5.83. The maximum atomic E-state index is 6.18. The third kappa shape index (κ3) is 2.08. The van der Waals surface area contributed by atoms with Gasteiger partial charge < -0.3 is 10.5 Å². The lowest BCUT2D eigenvalue weighted by molar-refractivity contribution is 0.0790. The zero-order valence-corrected chi connectivity index (χ0v) is 11.0. The lowest BCUT2D eigenvalue weighted by Gasteiger charge is -2.40. The molecule has 2 N–H and O–H groups in total. The number of fused-ring (bicyclic) bond motifs is 1. The summed E-state index contributed by atoms with van der Waals surface area (Å²) in [5.74, 6) is 0. The van der Waals surface area contributed by atoms with Crippen LogP contribution in [0.3, 0.4) is 0 Å². The second kappa shape index (κ2) is 5.02. The normalized spacial score (nSPS) is 31.3. The molecule has 1 aromatic rings. The predicted molar refractivity (Wildman–Crippen MR) is 73.7 cm³/mol. The van der Waals surface area contributed by atoms with E-state index >= 15 is 0 Å². The number of ether oxygens (including phenoxy) is 1. The van der Waals surface area contributed by atoms with Gasteiger partial charge in [0.2, 0.25) is 0 Å². The molecule has 0 bridgehead atoms. The fourth-order valence-corrected chi connectivity index (χ4v) is 3.76. The Kier molecular flexibility index (Phi) is 3.40. The summed E-state index contributed by atoms with van der Waals surface area (Å²) in [7, 11) is 0. The maximum Gasteiger partial charge on any atom is 0.0585 e. The van der Waals surface area contributed by atoms with Crippen molar-refractivity contribution in [3.63, 3.8) is 0 Å². The van der Waals surface area contributed by atoms with Crippen molar-refractivity contribution in [1.29, 1.82) is 0 Å². The Labute approximate surface area is 110 Å². The second-order valence-corrected chi connectivity index (χ2v) is 5.83. The summed E-state index contributed by atoms with van der Waals surface area (Å²) >= 11 is 0. The summed E-state index contributed by atoms with van der Waals surface area (Å²) in [6.07, 6.45) is 7.67. The molecular formula is C16H23NO. The molecule has 2 nitrogen and oxygen atoms in total. The molecule has 1 aromatic carbocycles. The first-order valence-corrected chi connectivity index (χ1v) is 7.24. The standard InChI is InChI=1S/C16H23NO/c17-12-16(11-14-7-4-10-18-14)9-3-6-13-5-1-2-8-15(13)16/h1-2,5,8,14H,3-4,6-7,9-12,17H2. The molecule has 18 heavy (non-hydrogen) atoms. The molecular weight excluding hydrogens is 222 g/mol. The highest BCUT2D eigenvalue weighted by atomic mass is 16.5. The average molecular weight is 245 g/mol. The van der Waals surface area contributed by atoms with E-state index in [2.05, 4.69) is 24.3 Å². The largest absolute Gasteiger partial charge is 0.378 e. The van der Waals surface area contributed by atoms with Gasteiger partial charge in [-0.2, -0.15) is 0 Å². The van der Waals surface area contributed by atoms with Crippen molar-refractivity contribution in [3.8, 4) is 0 Å². The fourth-order valence-electron chi connectivity index (χ4n) is 3.76. The SMILES string of the molecule is NCC1(CC2CCCO2)CCCc2ccccc21. The lowest BCUT2D eigenvalue weighted by Crippen LogP contribution is -2.41. The van der Waals surface area contributed by atoms with Crippen LogP contribution in [0.25, 0.3) is 0 Å². The van der Waals surface area contributed by atoms with Crippen LogP contribution in [0.2, 0.25) is 0 Å². The van der Waals surface area contributed by atoms with Gasteiger partial charge in [0.05, 0.1) is 6.10 Å². The van der Waals surface area contributed by atoms with Crippen LogP contribution in [-0.2, 0) is 16.6 Å². The number of hydrogen-bond donors (Lipinski definition) is 1. The van der Waals surface area contributed by atoms with Gasteiger partial charge in [-0.25, -0.2) is 0 Å². The van der Waals surface area contributed by atoms with Crippen molar-refractivity contribution >= 4 is 0 Å². The molecule has 0 radical (unpaired) electrons. The Morgan fingerprint density at radius 1 is 1.28 bits per heavy atom. The molecule has 2 unspecified atom stereocenters. The summed E-state index contributed by atoms with van der Waals surface area (Å²) in [5.41, 5.74) is 9.35. The molecule has 1 aliphatic heterocycles.